The summed E-state index contributed by atoms with van der Waals surface area (Å²) in [6, 6.07) is 33.9. The van der Waals surface area contributed by atoms with E-state index in [4.69, 9.17) is 9.97 Å². The molecule has 19 heteroatoms. The molecule has 0 radical (unpaired) electrons. The first kappa shape index (κ1) is 43.9. The van der Waals surface area contributed by atoms with E-state index in [0.29, 0.717) is 69.6 Å². The van der Waals surface area contributed by atoms with E-state index in [1.807, 2.05) is 104 Å². The third-order valence-electron chi connectivity index (χ3n) is 10.9. The third kappa shape index (κ3) is 9.40. The summed E-state index contributed by atoms with van der Waals surface area (Å²) in [4.78, 5) is 47.4. The molecule has 4 aromatic carbocycles. The van der Waals surface area contributed by atoms with Crippen molar-refractivity contribution in [2.75, 3.05) is 41.9 Å². The average Bonchev–Trinajstić information content (AvgIpc) is 4.24. The summed E-state index contributed by atoms with van der Waals surface area (Å²) in [5, 5.41) is 38.2. The number of amides is 4. The lowest BCUT2D eigenvalue weighted by Crippen LogP contribution is -2.24. The zero-order chi connectivity index (χ0) is 47.0. The van der Waals surface area contributed by atoms with Gasteiger partial charge in [-0.2, -0.15) is 10.5 Å². The predicted molar refractivity (Wildman–Crippen MR) is 264 cm³/mol. The largest absolute Gasteiger partial charge is 0.367 e. The highest BCUT2D eigenvalue weighted by Crippen LogP contribution is 2.32. The highest BCUT2D eigenvalue weighted by atomic mass is 32.1. The minimum absolute atomic E-state index is 0.274. The quantitative estimate of drug-likeness (QED) is 0.0635. The maximum Gasteiger partial charge on any atom is 0.318 e. The van der Waals surface area contributed by atoms with Crippen LogP contribution in [0.2, 0.25) is 0 Å². The number of anilines is 4. The number of benzene rings is 4. The van der Waals surface area contributed by atoms with Crippen LogP contribution in [0.4, 0.5) is 32.6 Å². The smallest absolute Gasteiger partial charge is 0.318 e. The normalized spacial score (nSPS) is 10.8. The first-order valence-corrected chi connectivity index (χ1v) is 22.3. The lowest BCUT2D eigenvalue weighted by Gasteiger charge is -2.12. The van der Waals surface area contributed by atoms with E-state index < -0.39 is 0 Å². The molecular formula is C49H42N16O2S. The molecule has 10 aromatic rings. The molecule has 0 atom stereocenters. The van der Waals surface area contributed by atoms with Crippen molar-refractivity contribution in [3.63, 3.8) is 0 Å². The van der Waals surface area contributed by atoms with Gasteiger partial charge in [-0.3, -0.25) is 8.80 Å². The van der Waals surface area contributed by atoms with Crippen molar-refractivity contribution in [2.24, 2.45) is 0 Å². The van der Waals surface area contributed by atoms with E-state index in [1.165, 1.54) is 4.88 Å². The van der Waals surface area contributed by atoms with Crippen molar-refractivity contribution in [3.8, 4) is 34.7 Å². The predicted octanol–water partition coefficient (Wildman–Crippen LogP) is 8.72. The van der Waals surface area contributed by atoms with E-state index >= 15 is 0 Å². The zero-order valence-corrected chi connectivity index (χ0v) is 37.5. The molecule has 0 saturated heterocycles. The summed E-state index contributed by atoms with van der Waals surface area (Å²) in [6.07, 6.45) is 10.0. The molecule has 0 spiro atoms. The standard InChI is InChI=1S/C25H23N9O.C24H19N7OS/c1-27-25(35)31-19-6-4-18(5-7-19)22-15-30-24-23(29-9-2-11-33-12-10-28-16-33)32-20-13-17(14-26)3-8-21(20)34(22)24;1-26-24(32)29-17-7-5-16(6-8-17)21-14-28-23-22(27-13-18-3-2-10-33-18)30-19-11-15(12-25)4-9-20(19)31(21)23/h3-8,10,12-13,15-16H,2,9,11H2,1H3,(H,29,32)(H2,27,31,35);2-11,14H,13H2,1H3,(H,27,30)(H2,26,29,32). The molecule has 6 heterocycles. The lowest BCUT2D eigenvalue weighted by atomic mass is 10.1. The van der Waals surface area contributed by atoms with Gasteiger partial charge in [0.15, 0.2) is 22.9 Å². The molecule has 18 nitrogen and oxygen atoms in total. The first-order valence-electron chi connectivity index (χ1n) is 21.4. The van der Waals surface area contributed by atoms with Crippen LogP contribution in [0.1, 0.15) is 22.4 Å². The lowest BCUT2D eigenvalue weighted by molar-refractivity contribution is 0.253. The number of aromatic nitrogens is 8. The topological polar surface area (TPSA) is 232 Å². The minimum atomic E-state index is -0.276. The summed E-state index contributed by atoms with van der Waals surface area (Å²) in [5.41, 5.74) is 10.6. The van der Waals surface area contributed by atoms with Gasteiger partial charge in [0.05, 0.1) is 82.0 Å². The van der Waals surface area contributed by atoms with E-state index in [9.17, 15) is 20.1 Å². The highest BCUT2D eigenvalue weighted by molar-refractivity contribution is 7.09. The molecule has 6 N–H and O–H groups in total. The Bertz CT molecular complexity index is 3500. The number of thiophene rings is 1. The van der Waals surface area contributed by atoms with Crippen molar-refractivity contribution < 1.29 is 9.59 Å². The molecule has 0 aliphatic carbocycles. The fraction of sp³-hybridized carbons (Fsp3) is 0.122. The van der Waals surface area contributed by atoms with E-state index in [-0.39, 0.29) is 12.1 Å². The Labute approximate surface area is 393 Å². The summed E-state index contributed by atoms with van der Waals surface area (Å²) in [7, 11) is 3.14. The van der Waals surface area contributed by atoms with Gasteiger partial charge in [-0.05, 0) is 78.5 Å². The number of urea groups is 2. The van der Waals surface area contributed by atoms with Crippen molar-refractivity contribution in [3.05, 3.63) is 150 Å². The van der Waals surface area contributed by atoms with Gasteiger partial charge in [0.1, 0.15) is 0 Å². The number of carbonyl (C=O) groups is 2. The Kier molecular flexibility index (Phi) is 12.8. The van der Waals surface area contributed by atoms with Crippen LogP contribution in [0.25, 0.3) is 55.9 Å². The Balaban J connectivity index is 0.000000170. The number of imidazole rings is 3. The molecule has 4 amide bonds. The van der Waals surface area contributed by atoms with Crippen LogP contribution in [-0.4, -0.2) is 71.0 Å². The van der Waals surface area contributed by atoms with Gasteiger partial charge in [0, 0.05) is 67.0 Å². The summed E-state index contributed by atoms with van der Waals surface area (Å²) < 4.78 is 6.12. The first-order chi connectivity index (χ1) is 33.3. The maximum atomic E-state index is 11.6. The summed E-state index contributed by atoms with van der Waals surface area (Å²) in [5.74, 6) is 1.30. The molecule has 6 aromatic heterocycles. The molecule has 10 rings (SSSR count). The fourth-order valence-corrected chi connectivity index (χ4v) is 8.21. The zero-order valence-electron chi connectivity index (χ0n) is 36.7. The summed E-state index contributed by atoms with van der Waals surface area (Å²) in [6.45, 7) is 2.17. The second kappa shape index (κ2) is 19.8. The van der Waals surface area contributed by atoms with Gasteiger partial charge < -0.3 is 36.5 Å². The fourth-order valence-electron chi connectivity index (χ4n) is 7.56. The number of hydrogen-bond donors (Lipinski definition) is 6. The van der Waals surface area contributed by atoms with Crippen LogP contribution in [-0.2, 0) is 13.1 Å². The number of nitrogens with zero attached hydrogens (tertiary/aromatic N) is 10. The Hall–Kier alpha value is -9.33. The SMILES string of the molecule is CNC(=O)Nc1ccc(-c2cnc3c(NCCCn4ccnc4)nc4cc(C#N)ccc4n23)cc1.CNC(=O)Nc1ccc(-c2cnc3c(NCc4cccs4)nc4cc(C#N)ccc4n23)cc1. The average molecular weight is 919 g/mol. The van der Waals surface area contributed by atoms with E-state index in [0.717, 1.165) is 46.5 Å². The van der Waals surface area contributed by atoms with Crippen molar-refractivity contribution >= 4 is 79.8 Å². The monoisotopic (exact) mass is 918 g/mol. The Morgan fingerprint density at radius 2 is 1.24 bits per heavy atom. The Morgan fingerprint density at radius 3 is 1.71 bits per heavy atom. The van der Waals surface area contributed by atoms with Crippen LogP contribution in [0, 0.1) is 22.7 Å². The molecule has 0 saturated carbocycles. The number of fused-ring (bicyclic) bond motifs is 6. The number of aryl methyl sites for hydroxylation is 1. The van der Waals surface area contributed by atoms with Crippen molar-refractivity contribution in [2.45, 2.75) is 19.5 Å². The summed E-state index contributed by atoms with van der Waals surface area (Å²) >= 11 is 1.67. The number of carbonyl (C=O) groups excluding carboxylic acids is 2. The van der Waals surface area contributed by atoms with Gasteiger partial charge in [0.2, 0.25) is 0 Å². The second-order valence-electron chi connectivity index (χ2n) is 15.2. The molecule has 0 bridgehead atoms. The molecule has 0 aliphatic rings. The van der Waals surface area contributed by atoms with Crippen LogP contribution < -0.4 is 31.9 Å². The van der Waals surface area contributed by atoms with Gasteiger partial charge in [-0.25, -0.2) is 34.5 Å². The number of hydrogen-bond acceptors (Lipinski definition) is 12. The van der Waals surface area contributed by atoms with Crippen LogP contribution in [0.5, 0.6) is 0 Å². The molecule has 0 unspecified atom stereocenters. The molecular weight excluding hydrogens is 877 g/mol. The third-order valence-corrected chi connectivity index (χ3v) is 11.8. The minimum Gasteiger partial charge on any atom is -0.367 e. The van der Waals surface area contributed by atoms with Gasteiger partial charge in [0.25, 0.3) is 0 Å². The molecule has 0 fully saturated rings. The number of nitriles is 2. The second-order valence-corrected chi connectivity index (χ2v) is 16.3. The maximum absolute atomic E-state index is 11.6. The highest BCUT2D eigenvalue weighted by Gasteiger charge is 2.18. The van der Waals surface area contributed by atoms with E-state index in [1.54, 1.807) is 62.2 Å². The van der Waals surface area contributed by atoms with Crippen LogP contribution >= 0.6 is 11.3 Å². The van der Waals surface area contributed by atoms with Crippen molar-refractivity contribution in [1.82, 2.24) is 48.9 Å². The van der Waals surface area contributed by atoms with Crippen LogP contribution in [0.15, 0.2) is 134 Å². The van der Waals surface area contributed by atoms with Crippen LogP contribution in [0.3, 0.4) is 0 Å². The van der Waals surface area contributed by atoms with Crippen molar-refractivity contribution in [1.29, 1.82) is 10.5 Å². The van der Waals surface area contributed by atoms with Gasteiger partial charge in [-0.15, -0.1) is 11.3 Å². The number of nitrogens with one attached hydrogen (secondary N) is 6. The molecule has 336 valence electrons. The Morgan fingerprint density at radius 1 is 0.691 bits per heavy atom. The number of rotatable bonds is 12. The van der Waals surface area contributed by atoms with Gasteiger partial charge >= 0.3 is 12.1 Å². The molecule has 68 heavy (non-hydrogen) atoms. The van der Waals surface area contributed by atoms with E-state index in [2.05, 4.69) is 65.1 Å². The molecule has 0 aliphatic heterocycles. The van der Waals surface area contributed by atoms with Gasteiger partial charge in [-0.1, -0.05) is 30.3 Å².